The van der Waals surface area contributed by atoms with Gasteiger partial charge in [0.05, 0.1) is 7.11 Å². The number of hydrogen-bond donors (Lipinski definition) is 2. The Morgan fingerprint density at radius 2 is 2.22 bits per heavy atom. The summed E-state index contributed by atoms with van der Waals surface area (Å²) < 4.78 is 9.98. The number of ether oxygens (including phenoxy) is 1. The van der Waals surface area contributed by atoms with Crippen molar-refractivity contribution in [2.45, 2.75) is 13.3 Å². The summed E-state index contributed by atoms with van der Waals surface area (Å²) in [6, 6.07) is 1.66. The summed E-state index contributed by atoms with van der Waals surface area (Å²) in [5.74, 6) is 2.37. The standard InChI is InChI=1S/C10H14N6O2/c1-6-13-8(18-16-6)3-4-12-7-5-9(17-2)15-10(11)14-7/h5H,3-4H2,1-2H3,(H3,11,12,14,15). The van der Waals surface area contributed by atoms with Crippen LogP contribution < -0.4 is 15.8 Å². The van der Waals surface area contributed by atoms with E-state index in [4.69, 9.17) is 15.0 Å². The SMILES string of the molecule is COc1cc(NCCc2nc(C)no2)nc(N)n1. The van der Waals surface area contributed by atoms with Crippen LogP contribution in [-0.2, 0) is 6.42 Å². The maximum absolute atomic E-state index is 5.54. The predicted molar refractivity (Wildman–Crippen MR) is 64.2 cm³/mol. The highest BCUT2D eigenvalue weighted by Crippen LogP contribution is 2.13. The molecule has 96 valence electrons. The van der Waals surface area contributed by atoms with E-state index < -0.39 is 0 Å². The number of methoxy groups -OCH3 is 1. The second kappa shape index (κ2) is 5.30. The lowest BCUT2D eigenvalue weighted by molar-refractivity contribution is 0.377. The molecule has 0 bridgehead atoms. The minimum Gasteiger partial charge on any atom is -0.481 e. The van der Waals surface area contributed by atoms with Gasteiger partial charge in [0, 0.05) is 19.0 Å². The third-order valence-corrected chi connectivity index (χ3v) is 2.14. The second-order valence-electron chi connectivity index (χ2n) is 3.57. The van der Waals surface area contributed by atoms with Crippen molar-refractivity contribution in [3.63, 3.8) is 0 Å². The third-order valence-electron chi connectivity index (χ3n) is 2.14. The van der Waals surface area contributed by atoms with E-state index in [9.17, 15) is 0 Å². The first kappa shape index (κ1) is 12.1. The normalized spacial score (nSPS) is 10.3. The van der Waals surface area contributed by atoms with Gasteiger partial charge in [0.25, 0.3) is 0 Å². The van der Waals surface area contributed by atoms with Gasteiger partial charge in [0.1, 0.15) is 5.82 Å². The molecule has 0 saturated carbocycles. The lowest BCUT2D eigenvalue weighted by atomic mass is 10.4. The summed E-state index contributed by atoms with van der Waals surface area (Å²) in [7, 11) is 1.52. The predicted octanol–water partition coefficient (Wildman–Crippen LogP) is 0.413. The van der Waals surface area contributed by atoms with Gasteiger partial charge in [-0.25, -0.2) is 0 Å². The Morgan fingerprint density at radius 3 is 2.89 bits per heavy atom. The Hall–Kier alpha value is -2.38. The Balaban J connectivity index is 1.91. The molecule has 0 aliphatic rings. The zero-order valence-corrected chi connectivity index (χ0v) is 10.2. The summed E-state index contributed by atoms with van der Waals surface area (Å²) in [5, 5.41) is 6.78. The molecule has 0 unspecified atom stereocenters. The van der Waals surface area contributed by atoms with Crippen LogP contribution in [0.3, 0.4) is 0 Å². The fourth-order valence-electron chi connectivity index (χ4n) is 1.38. The van der Waals surface area contributed by atoms with Crippen molar-refractivity contribution in [3.05, 3.63) is 17.8 Å². The molecule has 8 heteroatoms. The number of nitrogens with two attached hydrogens (primary N) is 1. The highest BCUT2D eigenvalue weighted by molar-refractivity contribution is 5.42. The van der Waals surface area contributed by atoms with Crippen LogP contribution in [0.1, 0.15) is 11.7 Å². The smallest absolute Gasteiger partial charge is 0.228 e. The topological polar surface area (TPSA) is 112 Å². The van der Waals surface area contributed by atoms with Gasteiger partial charge in [0.2, 0.25) is 17.7 Å². The van der Waals surface area contributed by atoms with Gasteiger partial charge >= 0.3 is 0 Å². The largest absolute Gasteiger partial charge is 0.481 e. The molecule has 2 aromatic rings. The van der Waals surface area contributed by atoms with E-state index in [0.717, 1.165) is 0 Å². The van der Waals surface area contributed by atoms with Crippen LogP contribution in [0.2, 0.25) is 0 Å². The molecule has 0 saturated heterocycles. The summed E-state index contributed by atoms with van der Waals surface area (Å²) >= 11 is 0. The molecule has 18 heavy (non-hydrogen) atoms. The zero-order chi connectivity index (χ0) is 13.0. The van der Waals surface area contributed by atoms with E-state index in [1.165, 1.54) is 7.11 Å². The van der Waals surface area contributed by atoms with Crippen LogP contribution >= 0.6 is 0 Å². The molecular formula is C10H14N6O2. The minimum atomic E-state index is 0.158. The number of hydrogen-bond acceptors (Lipinski definition) is 8. The number of aromatic nitrogens is 4. The molecule has 3 N–H and O–H groups in total. The number of aryl methyl sites for hydroxylation is 1. The fraction of sp³-hybridized carbons (Fsp3) is 0.400. The molecule has 0 amide bonds. The Labute approximate surface area is 104 Å². The van der Waals surface area contributed by atoms with Crippen molar-refractivity contribution in [1.29, 1.82) is 0 Å². The third kappa shape index (κ3) is 3.06. The Morgan fingerprint density at radius 1 is 1.39 bits per heavy atom. The maximum Gasteiger partial charge on any atom is 0.228 e. The average Bonchev–Trinajstić information content (AvgIpc) is 2.74. The first-order valence-electron chi connectivity index (χ1n) is 5.39. The summed E-state index contributed by atoms with van der Waals surface area (Å²) in [6.07, 6.45) is 0.604. The lowest BCUT2D eigenvalue weighted by Crippen LogP contribution is -2.08. The molecule has 0 aromatic carbocycles. The highest BCUT2D eigenvalue weighted by atomic mass is 16.5. The molecule has 0 fully saturated rings. The van der Waals surface area contributed by atoms with Gasteiger partial charge in [-0.2, -0.15) is 15.0 Å². The van der Waals surface area contributed by atoms with Crippen LogP contribution in [-0.4, -0.2) is 33.8 Å². The molecule has 2 rings (SSSR count). The first-order valence-corrected chi connectivity index (χ1v) is 5.39. The van der Waals surface area contributed by atoms with Crippen LogP contribution in [0.25, 0.3) is 0 Å². The molecule has 2 heterocycles. The van der Waals surface area contributed by atoms with Crippen molar-refractivity contribution >= 4 is 11.8 Å². The van der Waals surface area contributed by atoms with Crippen molar-refractivity contribution in [2.24, 2.45) is 0 Å². The zero-order valence-electron chi connectivity index (χ0n) is 10.2. The van der Waals surface area contributed by atoms with Crippen molar-refractivity contribution in [2.75, 3.05) is 24.7 Å². The van der Waals surface area contributed by atoms with E-state index >= 15 is 0 Å². The molecular weight excluding hydrogens is 236 g/mol. The Bertz CT molecular complexity index is 527. The number of nitrogens with one attached hydrogen (secondary N) is 1. The monoisotopic (exact) mass is 250 g/mol. The quantitative estimate of drug-likeness (QED) is 0.784. The number of anilines is 2. The minimum absolute atomic E-state index is 0.158. The fourth-order valence-corrected chi connectivity index (χ4v) is 1.38. The summed E-state index contributed by atoms with van der Waals surface area (Å²) in [4.78, 5) is 12.0. The molecule has 8 nitrogen and oxygen atoms in total. The van der Waals surface area contributed by atoms with Gasteiger partial charge in [-0.05, 0) is 6.92 Å². The van der Waals surface area contributed by atoms with E-state index in [2.05, 4.69) is 25.4 Å². The van der Waals surface area contributed by atoms with Gasteiger partial charge < -0.3 is 20.3 Å². The maximum atomic E-state index is 5.54. The van der Waals surface area contributed by atoms with Crippen molar-refractivity contribution < 1.29 is 9.26 Å². The summed E-state index contributed by atoms with van der Waals surface area (Å²) in [5.41, 5.74) is 5.54. The molecule has 2 aromatic heterocycles. The van der Waals surface area contributed by atoms with Crippen LogP contribution in [0, 0.1) is 6.92 Å². The van der Waals surface area contributed by atoms with Crippen LogP contribution in [0.5, 0.6) is 5.88 Å². The van der Waals surface area contributed by atoms with Crippen molar-refractivity contribution in [3.8, 4) is 5.88 Å². The van der Waals surface area contributed by atoms with Crippen LogP contribution in [0.15, 0.2) is 10.6 Å². The van der Waals surface area contributed by atoms with E-state index in [1.807, 2.05) is 0 Å². The highest BCUT2D eigenvalue weighted by Gasteiger charge is 2.04. The average molecular weight is 250 g/mol. The van der Waals surface area contributed by atoms with E-state index in [1.54, 1.807) is 13.0 Å². The second-order valence-corrected chi connectivity index (χ2v) is 3.57. The van der Waals surface area contributed by atoms with Gasteiger partial charge in [-0.1, -0.05) is 5.16 Å². The number of nitrogen functional groups attached to an aromatic ring is 1. The lowest BCUT2D eigenvalue weighted by Gasteiger charge is -2.06. The molecule has 0 spiro atoms. The van der Waals surface area contributed by atoms with Gasteiger partial charge in [0.15, 0.2) is 5.82 Å². The Kier molecular flexibility index (Phi) is 3.56. The van der Waals surface area contributed by atoms with E-state index in [-0.39, 0.29) is 5.95 Å². The number of nitrogens with zero attached hydrogens (tertiary/aromatic N) is 4. The van der Waals surface area contributed by atoms with Gasteiger partial charge in [-0.3, -0.25) is 0 Å². The van der Waals surface area contributed by atoms with Gasteiger partial charge in [-0.15, -0.1) is 0 Å². The molecule has 0 aliphatic heterocycles. The molecule has 0 aliphatic carbocycles. The van der Waals surface area contributed by atoms with Crippen LogP contribution in [0.4, 0.5) is 11.8 Å². The molecule has 0 atom stereocenters. The number of rotatable bonds is 5. The van der Waals surface area contributed by atoms with E-state index in [0.29, 0.717) is 36.4 Å². The van der Waals surface area contributed by atoms with Crippen molar-refractivity contribution in [1.82, 2.24) is 20.1 Å². The molecule has 0 radical (unpaired) electrons. The summed E-state index contributed by atoms with van der Waals surface area (Å²) in [6.45, 7) is 2.37. The first-order chi connectivity index (χ1) is 8.67.